The molecule has 1 N–H and O–H groups in total. The number of hydrogen-bond acceptors (Lipinski definition) is 7. The Labute approximate surface area is 354 Å². The highest BCUT2D eigenvalue weighted by Crippen LogP contribution is 2.43. The lowest BCUT2D eigenvalue weighted by molar-refractivity contribution is -0.870. The average Bonchev–Trinajstić information content (AvgIpc) is 3.93. The van der Waals surface area contributed by atoms with Crippen molar-refractivity contribution in [1.82, 2.24) is 0 Å². The molecule has 0 bridgehead atoms. The normalized spacial score (nSPS) is 18.0. The lowest BCUT2D eigenvalue weighted by Crippen LogP contribution is -2.37. The number of ether oxygens (including phenoxy) is 3. The Morgan fingerprint density at radius 2 is 1.17 bits per heavy atom. The van der Waals surface area contributed by atoms with Gasteiger partial charge in [0.2, 0.25) is 0 Å². The number of nitrogens with zero attached hydrogens (tertiary/aromatic N) is 1. The van der Waals surface area contributed by atoms with E-state index in [9.17, 15) is 14.3 Å². The van der Waals surface area contributed by atoms with Crippen molar-refractivity contribution < 1.29 is 42.0 Å². The number of carbonyl (C=O) groups excluding carboxylic acids is 1. The van der Waals surface area contributed by atoms with E-state index in [4.69, 9.17) is 23.3 Å². The maximum atomic E-state index is 12.7. The Morgan fingerprint density at radius 3 is 1.76 bits per heavy atom. The summed E-state index contributed by atoms with van der Waals surface area (Å²) in [7, 11) is 1.57. The summed E-state index contributed by atoms with van der Waals surface area (Å²) in [6.45, 7) is 4.68. The number of unbranched alkanes of at least 4 members (excludes halogenated alkanes) is 11. The molecular weight excluding hydrogens is 750 g/mol. The maximum absolute atomic E-state index is 12.7. The molecule has 10 heteroatoms. The van der Waals surface area contributed by atoms with Crippen molar-refractivity contribution in [3.8, 4) is 0 Å². The molecule has 0 amide bonds. The molecule has 58 heavy (non-hydrogen) atoms. The fourth-order valence-electron chi connectivity index (χ4n) is 5.81. The smallest absolute Gasteiger partial charge is 0.472 e. The summed E-state index contributed by atoms with van der Waals surface area (Å²) in [6, 6.07) is 0. The van der Waals surface area contributed by atoms with Gasteiger partial charge in [0.15, 0.2) is 6.10 Å². The number of esters is 1. The van der Waals surface area contributed by atoms with Crippen molar-refractivity contribution in [3.63, 3.8) is 0 Å². The summed E-state index contributed by atoms with van der Waals surface area (Å²) in [4.78, 5) is 22.9. The number of epoxide rings is 1. The lowest BCUT2D eigenvalue weighted by Gasteiger charge is -2.24. The van der Waals surface area contributed by atoms with E-state index in [2.05, 4.69) is 74.6 Å². The summed E-state index contributed by atoms with van der Waals surface area (Å²) >= 11 is 0. The van der Waals surface area contributed by atoms with Crippen LogP contribution in [0.1, 0.15) is 149 Å². The fraction of sp³-hybridized carbons (Fsp3) is 0.688. The predicted molar refractivity (Wildman–Crippen MR) is 241 cm³/mol. The minimum absolute atomic E-state index is 0.00667. The van der Waals surface area contributed by atoms with E-state index in [1.54, 1.807) is 6.26 Å². The van der Waals surface area contributed by atoms with Crippen LogP contribution in [0.5, 0.6) is 0 Å². The first-order chi connectivity index (χ1) is 28.1. The fourth-order valence-corrected chi connectivity index (χ4v) is 6.56. The monoisotopic (exact) mass is 833 g/mol. The van der Waals surface area contributed by atoms with Crippen LogP contribution >= 0.6 is 7.82 Å². The van der Waals surface area contributed by atoms with Gasteiger partial charge in [-0.3, -0.25) is 13.8 Å². The molecule has 1 fully saturated rings. The molecular formula is C48H83NO8P+. The van der Waals surface area contributed by atoms with Crippen molar-refractivity contribution in [2.45, 2.75) is 167 Å². The van der Waals surface area contributed by atoms with Crippen LogP contribution in [0.15, 0.2) is 85.3 Å². The molecule has 0 saturated carbocycles. The number of carbonyl (C=O) groups is 1. The molecule has 0 aromatic heterocycles. The zero-order valence-corrected chi connectivity index (χ0v) is 38.1. The Bertz CT molecular complexity index is 1260. The summed E-state index contributed by atoms with van der Waals surface area (Å²) in [5.74, 6) is -0.425. The van der Waals surface area contributed by atoms with Crippen LogP contribution in [0.25, 0.3) is 0 Å². The molecule has 332 valence electrons. The third kappa shape index (κ3) is 36.6. The Balaban J connectivity index is 2.30. The van der Waals surface area contributed by atoms with Gasteiger partial charge < -0.3 is 23.6 Å². The predicted octanol–water partition coefficient (Wildman–Crippen LogP) is 12.6. The van der Waals surface area contributed by atoms with Gasteiger partial charge >= 0.3 is 13.8 Å². The first-order valence-corrected chi connectivity index (χ1v) is 24.0. The van der Waals surface area contributed by atoms with Crippen LogP contribution in [0.3, 0.4) is 0 Å². The third-order valence-electron chi connectivity index (χ3n) is 9.42. The van der Waals surface area contributed by atoms with Gasteiger partial charge in [0.25, 0.3) is 0 Å². The first kappa shape index (κ1) is 53.5. The Kier molecular flexibility index (Phi) is 33.5. The highest BCUT2D eigenvalue weighted by Gasteiger charge is 2.36. The van der Waals surface area contributed by atoms with Crippen molar-refractivity contribution >= 4 is 13.8 Å². The Morgan fingerprint density at radius 1 is 0.655 bits per heavy atom. The quantitative estimate of drug-likeness (QED) is 0.0124. The van der Waals surface area contributed by atoms with Crippen molar-refractivity contribution in [2.24, 2.45) is 0 Å². The topological polar surface area (TPSA) is 104 Å². The number of phosphoric ester groups is 1. The van der Waals surface area contributed by atoms with Gasteiger partial charge in [-0.25, -0.2) is 4.57 Å². The molecule has 1 aliphatic rings. The second-order valence-corrected chi connectivity index (χ2v) is 17.6. The van der Waals surface area contributed by atoms with Gasteiger partial charge in [0, 0.05) is 6.42 Å². The maximum Gasteiger partial charge on any atom is 0.472 e. The largest absolute Gasteiger partial charge is 0.498 e. The van der Waals surface area contributed by atoms with E-state index in [1.165, 1.54) is 70.6 Å². The summed E-state index contributed by atoms with van der Waals surface area (Å²) in [5.41, 5.74) is 0. The minimum atomic E-state index is -4.32. The van der Waals surface area contributed by atoms with E-state index in [-0.39, 0.29) is 26.2 Å². The van der Waals surface area contributed by atoms with Crippen LogP contribution in [0.4, 0.5) is 0 Å². The van der Waals surface area contributed by atoms with Crippen LogP contribution in [0.2, 0.25) is 0 Å². The van der Waals surface area contributed by atoms with Gasteiger partial charge in [-0.2, -0.15) is 0 Å². The molecule has 4 atom stereocenters. The third-order valence-corrected chi connectivity index (χ3v) is 10.4. The zero-order chi connectivity index (χ0) is 42.4. The van der Waals surface area contributed by atoms with E-state index in [0.29, 0.717) is 29.7 Å². The van der Waals surface area contributed by atoms with Gasteiger partial charge in [0.05, 0.1) is 46.2 Å². The van der Waals surface area contributed by atoms with Crippen molar-refractivity contribution in [3.05, 3.63) is 85.3 Å². The summed E-state index contributed by atoms with van der Waals surface area (Å²) in [5, 5.41) is 0. The van der Waals surface area contributed by atoms with Crippen LogP contribution in [-0.2, 0) is 32.6 Å². The molecule has 0 aromatic carbocycles. The van der Waals surface area contributed by atoms with Crippen LogP contribution in [-0.4, -0.2) is 81.2 Å². The molecule has 1 heterocycles. The molecule has 3 unspecified atom stereocenters. The highest BCUT2D eigenvalue weighted by molar-refractivity contribution is 7.47. The molecule has 1 aliphatic heterocycles. The molecule has 0 aliphatic carbocycles. The molecule has 9 nitrogen and oxygen atoms in total. The molecule has 0 spiro atoms. The van der Waals surface area contributed by atoms with E-state index < -0.39 is 19.9 Å². The number of phosphoric acid groups is 1. The number of allylic oxidation sites excluding steroid dienone is 11. The SMILES string of the molecule is CC/C=C\CC1OC1C/C=C\C/C=C\C/C=C\C/C=C\CCC(=O)O[C@H](CO/C=C/CCCCCCCC/C=C\CCCCCC)COP(=O)(O)OCC[N+](C)(C)C. The van der Waals surface area contributed by atoms with E-state index in [0.717, 1.165) is 51.4 Å². The van der Waals surface area contributed by atoms with Crippen molar-refractivity contribution in [1.29, 1.82) is 0 Å². The standard InChI is InChI=1S/C48H82NO8P/c1-6-8-10-11-12-13-14-15-16-17-20-23-26-29-32-36-41-53-43-45(44-55-58(51,52)54-42-40-49(3,4)5)56-48(50)39-35-31-28-25-22-19-18-21-24-27-30-34-38-47-46(57-47)37-33-9-7-2/h9,13-14,19,21-22,24,28,30-31,33-34,36,41,45-47H,6-8,10-12,15-18,20,23,25-27,29,32,35,37-40,42-44H2,1-5H3/p+1/b14-13-,22-19-,24-21-,31-28-,33-9-,34-30-,41-36+/t45-,46?,47?/m1/s1. The molecule has 1 rings (SSSR count). The van der Waals surface area contributed by atoms with Crippen molar-refractivity contribution in [2.75, 3.05) is 47.5 Å². The molecule has 1 saturated heterocycles. The summed E-state index contributed by atoms with van der Waals surface area (Å²) in [6.07, 6.45) is 52.0. The van der Waals surface area contributed by atoms with E-state index in [1.807, 2.05) is 39.4 Å². The second kappa shape index (κ2) is 36.3. The number of likely N-dealkylation sites (N-methyl/N-ethyl adjacent to an activating group) is 1. The molecule has 0 aromatic rings. The van der Waals surface area contributed by atoms with Gasteiger partial charge in [-0.1, -0.05) is 132 Å². The minimum Gasteiger partial charge on any atom is -0.498 e. The van der Waals surface area contributed by atoms with Crippen LogP contribution < -0.4 is 0 Å². The molecule has 0 radical (unpaired) electrons. The zero-order valence-electron chi connectivity index (χ0n) is 37.2. The lowest BCUT2D eigenvalue weighted by atomic mass is 10.1. The number of rotatable bonds is 39. The first-order valence-electron chi connectivity index (χ1n) is 22.5. The van der Waals surface area contributed by atoms with E-state index >= 15 is 0 Å². The van der Waals surface area contributed by atoms with Gasteiger partial charge in [-0.05, 0) is 89.5 Å². The highest BCUT2D eigenvalue weighted by atomic mass is 31.2. The number of quaternary nitrogens is 1. The Hall–Kier alpha value is -2.52. The average molecular weight is 833 g/mol. The number of hydrogen-bond donors (Lipinski definition) is 1. The second-order valence-electron chi connectivity index (χ2n) is 16.1. The summed E-state index contributed by atoms with van der Waals surface area (Å²) < 4.78 is 40.3. The van der Waals surface area contributed by atoms with Gasteiger partial charge in [0.1, 0.15) is 19.8 Å². The van der Waals surface area contributed by atoms with Gasteiger partial charge in [-0.15, -0.1) is 0 Å². The van der Waals surface area contributed by atoms with Crippen LogP contribution in [0, 0.1) is 0 Å².